The standard InChI is InChI=1S/C17H23N3/c1-12(2)20(11-13-7-8-13)17-14(9-18)10-19-16-6-4-3-5-15(16)17/h3-6,10,12-13H,7-9,11,18H2,1-2H3. The average Bonchev–Trinajstić information content (AvgIpc) is 3.27. The van der Waals surface area contributed by atoms with E-state index in [0.717, 1.165) is 23.5 Å². The van der Waals surface area contributed by atoms with E-state index in [-0.39, 0.29) is 0 Å². The fraction of sp³-hybridized carbons (Fsp3) is 0.471. The smallest absolute Gasteiger partial charge is 0.0723 e. The highest BCUT2D eigenvalue weighted by atomic mass is 15.2. The summed E-state index contributed by atoms with van der Waals surface area (Å²) in [5.41, 5.74) is 9.46. The van der Waals surface area contributed by atoms with Gasteiger partial charge in [0.15, 0.2) is 0 Å². The summed E-state index contributed by atoms with van der Waals surface area (Å²) in [4.78, 5) is 7.06. The Balaban J connectivity index is 2.14. The molecule has 3 rings (SSSR count). The molecule has 0 saturated heterocycles. The first kappa shape index (κ1) is 13.4. The Morgan fingerprint density at radius 3 is 2.70 bits per heavy atom. The maximum atomic E-state index is 5.96. The molecule has 0 bridgehead atoms. The number of benzene rings is 1. The van der Waals surface area contributed by atoms with Gasteiger partial charge >= 0.3 is 0 Å². The lowest BCUT2D eigenvalue weighted by Crippen LogP contribution is -2.34. The summed E-state index contributed by atoms with van der Waals surface area (Å²) in [6.45, 7) is 6.20. The maximum Gasteiger partial charge on any atom is 0.0723 e. The number of hydrogen-bond acceptors (Lipinski definition) is 3. The van der Waals surface area contributed by atoms with Gasteiger partial charge in [-0.3, -0.25) is 4.98 Å². The summed E-state index contributed by atoms with van der Waals surface area (Å²) in [5.74, 6) is 0.856. The third-order valence-corrected chi connectivity index (χ3v) is 4.11. The van der Waals surface area contributed by atoms with E-state index in [4.69, 9.17) is 5.73 Å². The van der Waals surface area contributed by atoms with E-state index in [0.29, 0.717) is 12.6 Å². The molecule has 0 atom stereocenters. The molecule has 3 heteroatoms. The Kier molecular flexibility index (Phi) is 3.62. The lowest BCUT2D eigenvalue weighted by atomic mass is 10.1. The normalized spacial score (nSPS) is 15.0. The number of fused-ring (bicyclic) bond motifs is 1. The molecule has 0 aliphatic heterocycles. The van der Waals surface area contributed by atoms with Gasteiger partial charge in [0.25, 0.3) is 0 Å². The van der Waals surface area contributed by atoms with E-state index in [1.807, 2.05) is 12.3 Å². The number of nitrogens with two attached hydrogens (primary N) is 1. The van der Waals surface area contributed by atoms with Crippen molar-refractivity contribution in [3.05, 3.63) is 36.0 Å². The van der Waals surface area contributed by atoms with Crippen molar-refractivity contribution in [1.29, 1.82) is 0 Å². The SMILES string of the molecule is CC(C)N(CC1CC1)c1c(CN)cnc2ccccc12. The van der Waals surface area contributed by atoms with Crippen molar-refractivity contribution in [1.82, 2.24) is 4.98 Å². The Labute approximate surface area is 120 Å². The van der Waals surface area contributed by atoms with Crippen molar-refractivity contribution in [2.24, 2.45) is 11.7 Å². The minimum absolute atomic E-state index is 0.478. The highest BCUT2D eigenvalue weighted by Gasteiger charge is 2.27. The number of hydrogen-bond donors (Lipinski definition) is 1. The van der Waals surface area contributed by atoms with Gasteiger partial charge in [0, 0.05) is 36.3 Å². The van der Waals surface area contributed by atoms with Crippen LogP contribution in [0.5, 0.6) is 0 Å². The zero-order valence-electron chi connectivity index (χ0n) is 12.3. The van der Waals surface area contributed by atoms with Crippen LogP contribution in [-0.2, 0) is 6.54 Å². The van der Waals surface area contributed by atoms with Gasteiger partial charge in [-0.15, -0.1) is 0 Å². The van der Waals surface area contributed by atoms with Gasteiger partial charge in [-0.2, -0.15) is 0 Å². The molecule has 1 aromatic carbocycles. The maximum absolute atomic E-state index is 5.96. The van der Waals surface area contributed by atoms with Gasteiger partial charge < -0.3 is 10.6 Å². The van der Waals surface area contributed by atoms with Crippen molar-refractivity contribution in [2.45, 2.75) is 39.3 Å². The van der Waals surface area contributed by atoms with Gasteiger partial charge in [0.1, 0.15) is 0 Å². The third-order valence-electron chi connectivity index (χ3n) is 4.11. The van der Waals surface area contributed by atoms with Crippen molar-refractivity contribution in [3.63, 3.8) is 0 Å². The molecule has 2 N–H and O–H groups in total. The van der Waals surface area contributed by atoms with Gasteiger partial charge in [-0.05, 0) is 38.7 Å². The number of rotatable bonds is 5. The van der Waals surface area contributed by atoms with Crippen LogP contribution in [0.1, 0.15) is 32.3 Å². The fourth-order valence-electron chi connectivity index (χ4n) is 2.80. The quantitative estimate of drug-likeness (QED) is 0.905. The molecule has 0 radical (unpaired) electrons. The van der Waals surface area contributed by atoms with Crippen molar-refractivity contribution >= 4 is 16.6 Å². The average molecular weight is 269 g/mol. The van der Waals surface area contributed by atoms with Crippen LogP contribution < -0.4 is 10.6 Å². The van der Waals surface area contributed by atoms with Crippen LogP contribution in [0, 0.1) is 5.92 Å². The molecule has 1 aliphatic rings. The van der Waals surface area contributed by atoms with E-state index >= 15 is 0 Å². The molecule has 20 heavy (non-hydrogen) atoms. The summed E-state index contributed by atoms with van der Waals surface area (Å²) in [6.07, 6.45) is 4.67. The number of para-hydroxylation sites is 1. The molecule has 0 unspecified atom stereocenters. The van der Waals surface area contributed by atoms with Gasteiger partial charge in [0.2, 0.25) is 0 Å². The number of nitrogens with zero attached hydrogens (tertiary/aromatic N) is 2. The zero-order chi connectivity index (χ0) is 14.1. The second-order valence-corrected chi connectivity index (χ2v) is 6.04. The van der Waals surface area contributed by atoms with Crippen molar-refractivity contribution in [3.8, 4) is 0 Å². The summed E-state index contributed by atoms with van der Waals surface area (Å²) in [6, 6.07) is 8.85. The predicted octanol–water partition coefficient (Wildman–Crippen LogP) is 3.32. The number of anilines is 1. The topological polar surface area (TPSA) is 42.1 Å². The van der Waals surface area contributed by atoms with Gasteiger partial charge in [-0.1, -0.05) is 18.2 Å². The molecule has 3 nitrogen and oxygen atoms in total. The second-order valence-electron chi connectivity index (χ2n) is 6.04. The molecule has 1 saturated carbocycles. The largest absolute Gasteiger partial charge is 0.368 e. The lowest BCUT2D eigenvalue weighted by Gasteiger charge is -2.32. The molecule has 1 aliphatic carbocycles. The lowest BCUT2D eigenvalue weighted by molar-refractivity contribution is 0.643. The fourth-order valence-corrected chi connectivity index (χ4v) is 2.80. The highest BCUT2D eigenvalue weighted by Crippen LogP contribution is 2.36. The minimum Gasteiger partial charge on any atom is -0.368 e. The monoisotopic (exact) mass is 269 g/mol. The van der Waals surface area contributed by atoms with Crippen LogP contribution in [0.4, 0.5) is 5.69 Å². The highest BCUT2D eigenvalue weighted by molar-refractivity contribution is 5.93. The molecular weight excluding hydrogens is 246 g/mol. The van der Waals surface area contributed by atoms with Crippen LogP contribution >= 0.6 is 0 Å². The first-order chi connectivity index (χ1) is 9.70. The third kappa shape index (κ3) is 2.50. The predicted molar refractivity (Wildman–Crippen MR) is 84.8 cm³/mol. The van der Waals surface area contributed by atoms with Crippen LogP contribution in [0.15, 0.2) is 30.5 Å². The Hall–Kier alpha value is -1.61. The Morgan fingerprint density at radius 1 is 1.30 bits per heavy atom. The zero-order valence-corrected chi connectivity index (χ0v) is 12.3. The Morgan fingerprint density at radius 2 is 2.05 bits per heavy atom. The van der Waals surface area contributed by atoms with E-state index in [9.17, 15) is 0 Å². The first-order valence-electron chi connectivity index (χ1n) is 7.54. The molecule has 106 valence electrons. The minimum atomic E-state index is 0.478. The molecule has 0 spiro atoms. The molecule has 0 amide bonds. The number of pyridine rings is 1. The van der Waals surface area contributed by atoms with Gasteiger partial charge in [0.05, 0.1) is 11.2 Å². The van der Waals surface area contributed by atoms with Gasteiger partial charge in [-0.25, -0.2) is 0 Å². The van der Waals surface area contributed by atoms with Crippen LogP contribution in [0.3, 0.4) is 0 Å². The molecule has 2 aromatic rings. The van der Waals surface area contributed by atoms with Crippen LogP contribution in [-0.4, -0.2) is 17.6 Å². The molecule has 1 heterocycles. The summed E-state index contributed by atoms with van der Waals surface area (Å²) in [5, 5.41) is 1.23. The van der Waals surface area contributed by atoms with Crippen molar-refractivity contribution in [2.75, 3.05) is 11.4 Å². The number of aromatic nitrogens is 1. The van der Waals surface area contributed by atoms with Crippen LogP contribution in [0.25, 0.3) is 10.9 Å². The van der Waals surface area contributed by atoms with Crippen LogP contribution in [0.2, 0.25) is 0 Å². The summed E-state index contributed by atoms with van der Waals surface area (Å²) < 4.78 is 0. The molecule has 1 fully saturated rings. The van der Waals surface area contributed by atoms with E-state index in [1.165, 1.54) is 23.9 Å². The summed E-state index contributed by atoms with van der Waals surface area (Å²) in [7, 11) is 0. The molecular formula is C17H23N3. The van der Waals surface area contributed by atoms with E-state index in [1.54, 1.807) is 0 Å². The van der Waals surface area contributed by atoms with E-state index in [2.05, 4.69) is 41.9 Å². The van der Waals surface area contributed by atoms with E-state index < -0.39 is 0 Å². The van der Waals surface area contributed by atoms with Crippen molar-refractivity contribution < 1.29 is 0 Å². The molecule has 1 aromatic heterocycles. The Bertz CT molecular complexity index is 602. The summed E-state index contributed by atoms with van der Waals surface area (Å²) >= 11 is 0. The second kappa shape index (κ2) is 5.41. The first-order valence-corrected chi connectivity index (χ1v) is 7.54.